The Labute approximate surface area is 117 Å². The molecule has 2 heterocycles. The average molecular weight is 271 g/mol. The van der Waals surface area contributed by atoms with Crippen molar-refractivity contribution in [3.8, 4) is 11.4 Å². The summed E-state index contributed by atoms with van der Waals surface area (Å²) in [6.45, 7) is 2.15. The summed E-state index contributed by atoms with van der Waals surface area (Å²) < 4.78 is 0. The number of aromatic nitrogens is 3. The van der Waals surface area contributed by atoms with E-state index in [-0.39, 0.29) is 5.56 Å². The molecule has 104 valence electrons. The minimum atomic E-state index is -0.967. The summed E-state index contributed by atoms with van der Waals surface area (Å²) in [4.78, 5) is 23.8. The zero-order chi connectivity index (χ0) is 14.4. The van der Waals surface area contributed by atoms with E-state index in [1.807, 2.05) is 0 Å². The molecule has 2 aromatic heterocycles. The van der Waals surface area contributed by atoms with E-state index in [1.165, 1.54) is 18.3 Å². The first-order chi connectivity index (χ1) is 9.70. The first-order valence-corrected chi connectivity index (χ1v) is 6.72. The first-order valence-electron chi connectivity index (χ1n) is 6.72. The lowest BCUT2D eigenvalue weighted by molar-refractivity contribution is 0.0697. The van der Waals surface area contributed by atoms with Crippen LogP contribution < -0.4 is 0 Å². The van der Waals surface area contributed by atoms with Gasteiger partial charge in [0.15, 0.2) is 0 Å². The van der Waals surface area contributed by atoms with Crippen LogP contribution in [0, 0.1) is 0 Å². The van der Waals surface area contributed by atoms with Crippen LogP contribution in [0.5, 0.6) is 0 Å². The molecule has 0 radical (unpaired) electrons. The molecule has 0 aliphatic rings. The minimum absolute atomic E-state index is 0.209. The fraction of sp³-hybridized carbons (Fsp3) is 0.333. The number of aryl methyl sites for hydroxylation is 1. The summed E-state index contributed by atoms with van der Waals surface area (Å²) in [7, 11) is 0. The molecular weight excluding hydrogens is 254 g/mol. The Morgan fingerprint density at radius 1 is 1.15 bits per heavy atom. The number of nitrogens with zero attached hydrogens (tertiary/aromatic N) is 3. The molecule has 0 unspecified atom stereocenters. The predicted octanol–water partition coefficient (Wildman–Crippen LogP) is 2.97. The van der Waals surface area contributed by atoms with E-state index in [9.17, 15) is 4.79 Å². The Hall–Kier alpha value is -2.30. The summed E-state index contributed by atoms with van der Waals surface area (Å²) in [5.74, 6) is -0.190. The first kappa shape index (κ1) is 14.1. The third-order valence-corrected chi connectivity index (χ3v) is 2.98. The molecule has 0 saturated carbocycles. The van der Waals surface area contributed by atoms with Gasteiger partial charge in [-0.05, 0) is 24.6 Å². The van der Waals surface area contributed by atoms with Crippen LogP contribution in [0.1, 0.15) is 42.4 Å². The second-order valence-corrected chi connectivity index (χ2v) is 4.55. The SMILES string of the molecule is CCCCCc1nccc(-c2cc(C(=O)O)ccn2)n1. The number of rotatable bonds is 6. The topological polar surface area (TPSA) is 76.0 Å². The van der Waals surface area contributed by atoms with Gasteiger partial charge in [0, 0.05) is 18.8 Å². The zero-order valence-corrected chi connectivity index (χ0v) is 11.4. The van der Waals surface area contributed by atoms with E-state index < -0.39 is 5.97 Å². The lowest BCUT2D eigenvalue weighted by Gasteiger charge is -2.04. The number of aromatic carboxylic acids is 1. The summed E-state index contributed by atoms with van der Waals surface area (Å²) in [5.41, 5.74) is 1.43. The number of carboxylic acids is 1. The normalized spacial score (nSPS) is 10.4. The van der Waals surface area contributed by atoms with Gasteiger partial charge in [-0.25, -0.2) is 14.8 Å². The maximum absolute atomic E-state index is 11.0. The van der Waals surface area contributed by atoms with Crippen LogP contribution in [-0.2, 0) is 6.42 Å². The third kappa shape index (κ3) is 3.60. The zero-order valence-electron chi connectivity index (χ0n) is 11.4. The molecule has 0 atom stereocenters. The summed E-state index contributed by atoms with van der Waals surface area (Å²) >= 11 is 0. The van der Waals surface area contributed by atoms with Gasteiger partial charge in [-0.3, -0.25) is 4.98 Å². The van der Waals surface area contributed by atoms with Crippen LogP contribution in [0.2, 0.25) is 0 Å². The largest absolute Gasteiger partial charge is 0.478 e. The van der Waals surface area contributed by atoms with Crippen molar-refractivity contribution < 1.29 is 9.90 Å². The molecule has 0 amide bonds. The molecule has 0 aliphatic heterocycles. The molecule has 20 heavy (non-hydrogen) atoms. The standard InChI is InChI=1S/C15H17N3O2/c1-2-3-4-5-14-17-9-7-12(18-14)13-10-11(15(19)20)6-8-16-13/h6-10H,2-5H2,1H3,(H,19,20). The van der Waals surface area contributed by atoms with Gasteiger partial charge in [0.05, 0.1) is 17.0 Å². The second kappa shape index (κ2) is 6.75. The van der Waals surface area contributed by atoms with Crippen LogP contribution in [-0.4, -0.2) is 26.0 Å². The second-order valence-electron chi connectivity index (χ2n) is 4.55. The Morgan fingerprint density at radius 3 is 2.70 bits per heavy atom. The number of hydrogen-bond donors (Lipinski definition) is 1. The number of carbonyl (C=O) groups is 1. The van der Waals surface area contributed by atoms with E-state index in [0.717, 1.165) is 31.5 Å². The van der Waals surface area contributed by atoms with Crippen molar-refractivity contribution >= 4 is 5.97 Å². The third-order valence-electron chi connectivity index (χ3n) is 2.98. The van der Waals surface area contributed by atoms with Crippen molar-refractivity contribution in [3.05, 3.63) is 42.0 Å². The van der Waals surface area contributed by atoms with Crippen LogP contribution in [0.4, 0.5) is 0 Å². The molecule has 1 N–H and O–H groups in total. The molecule has 0 aromatic carbocycles. The molecule has 0 aliphatic carbocycles. The van der Waals surface area contributed by atoms with E-state index >= 15 is 0 Å². The highest BCUT2D eigenvalue weighted by Crippen LogP contribution is 2.15. The van der Waals surface area contributed by atoms with Crippen LogP contribution >= 0.6 is 0 Å². The van der Waals surface area contributed by atoms with Crippen molar-refractivity contribution in [3.63, 3.8) is 0 Å². The van der Waals surface area contributed by atoms with E-state index in [0.29, 0.717) is 11.4 Å². The molecule has 2 aromatic rings. The highest BCUT2D eigenvalue weighted by atomic mass is 16.4. The van der Waals surface area contributed by atoms with E-state index in [2.05, 4.69) is 21.9 Å². The molecule has 5 nitrogen and oxygen atoms in total. The fourth-order valence-corrected chi connectivity index (χ4v) is 1.90. The van der Waals surface area contributed by atoms with Crippen LogP contribution in [0.3, 0.4) is 0 Å². The Bertz CT molecular complexity index is 599. The maximum Gasteiger partial charge on any atom is 0.335 e. The molecule has 5 heteroatoms. The van der Waals surface area contributed by atoms with Crippen molar-refractivity contribution in [2.75, 3.05) is 0 Å². The van der Waals surface area contributed by atoms with Gasteiger partial charge < -0.3 is 5.11 Å². The van der Waals surface area contributed by atoms with Gasteiger partial charge in [-0.1, -0.05) is 19.8 Å². The van der Waals surface area contributed by atoms with Crippen LogP contribution in [0.25, 0.3) is 11.4 Å². The number of pyridine rings is 1. The Morgan fingerprint density at radius 2 is 1.95 bits per heavy atom. The van der Waals surface area contributed by atoms with Crippen LogP contribution in [0.15, 0.2) is 30.6 Å². The smallest absolute Gasteiger partial charge is 0.335 e. The molecular formula is C15H17N3O2. The van der Waals surface area contributed by atoms with Crippen molar-refractivity contribution in [2.24, 2.45) is 0 Å². The average Bonchev–Trinajstić information content (AvgIpc) is 2.48. The number of unbranched alkanes of at least 4 members (excludes halogenated alkanes) is 2. The van der Waals surface area contributed by atoms with Gasteiger partial charge >= 0.3 is 5.97 Å². The van der Waals surface area contributed by atoms with Crippen molar-refractivity contribution in [1.29, 1.82) is 0 Å². The lowest BCUT2D eigenvalue weighted by Crippen LogP contribution is -2.00. The monoisotopic (exact) mass is 271 g/mol. The predicted molar refractivity (Wildman–Crippen MR) is 75.5 cm³/mol. The summed E-state index contributed by atoms with van der Waals surface area (Å²) in [5, 5.41) is 8.99. The lowest BCUT2D eigenvalue weighted by atomic mass is 10.1. The summed E-state index contributed by atoms with van der Waals surface area (Å²) in [6, 6.07) is 4.74. The summed E-state index contributed by atoms with van der Waals surface area (Å²) in [6.07, 6.45) is 7.38. The quantitative estimate of drug-likeness (QED) is 0.817. The fourth-order valence-electron chi connectivity index (χ4n) is 1.90. The van der Waals surface area contributed by atoms with Gasteiger partial charge in [0.25, 0.3) is 0 Å². The highest BCUT2D eigenvalue weighted by Gasteiger charge is 2.08. The molecule has 0 fully saturated rings. The van der Waals surface area contributed by atoms with Gasteiger partial charge in [-0.2, -0.15) is 0 Å². The maximum atomic E-state index is 11.0. The van der Waals surface area contributed by atoms with Crippen molar-refractivity contribution in [1.82, 2.24) is 15.0 Å². The molecule has 0 saturated heterocycles. The van der Waals surface area contributed by atoms with Crippen molar-refractivity contribution in [2.45, 2.75) is 32.6 Å². The van der Waals surface area contributed by atoms with Gasteiger partial charge in [0.2, 0.25) is 0 Å². The van der Waals surface area contributed by atoms with Gasteiger partial charge in [0.1, 0.15) is 5.82 Å². The number of carboxylic acid groups (broad SMARTS) is 1. The van der Waals surface area contributed by atoms with Gasteiger partial charge in [-0.15, -0.1) is 0 Å². The minimum Gasteiger partial charge on any atom is -0.478 e. The molecule has 0 spiro atoms. The Balaban J connectivity index is 2.22. The highest BCUT2D eigenvalue weighted by molar-refractivity contribution is 5.88. The van der Waals surface area contributed by atoms with E-state index in [1.54, 1.807) is 12.3 Å². The molecule has 2 rings (SSSR count). The number of hydrogen-bond acceptors (Lipinski definition) is 4. The van der Waals surface area contributed by atoms with E-state index in [4.69, 9.17) is 5.11 Å². The molecule has 0 bridgehead atoms. The Kier molecular flexibility index (Phi) is 4.76.